The zero-order chi connectivity index (χ0) is 33.3. The first-order chi connectivity index (χ1) is 21.9. The maximum Gasteiger partial charge on any atom is 0.316 e. The third-order valence-electron chi connectivity index (χ3n) is 12.1. The second-order valence-corrected chi connectivity index (χ2v) is 16.4. The van der Waals surface area contributed by atoms with Crippen LogP contribution in [-0.4, -0.2) is 106 Å². The number of rotatable bonds is 11. The average Bonchev–Trinajstić information content (AvgIpc) is 3.62. The molecule has 3 aliphatic carbocycles. The summed E-state index contributed by atoms with van der Waals surface area (Å²) in [6.07, 6.45) is 4.17. The van der Waals surface area contributed by atoms with Crippen molar-refractivity contribution in [2.45, 2.75) is 77.8 Å². The minimum Gasteiger partial charge on any atom is -0.461 e. The van der Waals surface area contributed by atoms with Crippen LogP contribution in [0.15, 0.2) is 18.0 Å². The van der Waals surface area contributed by atoms with Gasteiger partial charge in [-0.15, -0.1) is 29.7 Å². The maximum atomic E-state index is 13.6. The normalized spacial score (nSPS) is 36.8. The van der Waals surface area contributed by atoms with Gasteiger partial charge >= 0.3 is 5.97 Å². The van der Waals surface area contributed by atoms with Crippen LogP contribution in [0.5, 0.6) is 0 Å². The third kappa shape index (κ3) is 6.85. The predicted octanol–water partition coefficient (Wildman–Crippen LogP) is 3.83. The summed E-state index contributed by atoms with van der Waals surface area (Å²) >= 11 is 2.78. The number of aromatic nitrogens is 1. The van der Waals surface area contributed by atoms with Crippen molar-refractivity contribution in [2.24, 2.45) is 34.0 Å². The van der Waals surface area contributed by atoms with Gasteiger partial charge in [0.1, 0.15) is 11.9 Å². The van der Waals surface area contributed by atoms with Gasteiger partial charge in [0.2, 0.25) is 5.91 Å². The van der Waals surface area contributed by atoms with Gasteiger partial charge in [-0.05, 0) is 42.9 Å². The molecule has 0 radical (unpaired) electrons. The number of carbonyl (C=O) groups is 3. The van der Waals surface area contributed by atoms with Crippen LogP contribution in [0.4, 0.5) is 5.13 Å². The van der Waals surface area contributed by atoms with Gasteiger partial charge in [0, 0.05) is 67.0 Å². The van der Waals surface area contributed by atoms with Gasteiger partial charge in [0.15, 0.2) is 5.13 Å². The van der Waals surface area contributed by atoms with Gasteiger partial charge in [-0.1, -0.05) is 33.8 Å². The van der Waals surface area contributed by atoms with E-state index in [0.29, 0.717) is 36.8 Å². The molecule has 0 aromatic carbocycles. The molecule has 4 aliphatic rings. The van der Waals surface area contributed by atoms with E-state index in [2.05, 4.69) is 47.5 Å². The van der Waals surface area contributed by atoms with Crippen LogP contribution in [0.1, 0.15) is 65.5 Å². The van der Waals surface area contributed by atoms with E-state index in [1.165, 1.54) is 23.1 Å². The first-order valence-corrected chi connectivity index (χ1v) is 18.8. The van der Waals surface area contributed by atoms with Gasteiger partial charge in [0.05, 0.1) is 30.7 Å². The summed E-state index contributed by atoms with van der Waals surface area (Å²) in [4.78, 5) is 48.4. The van der Waals surface area contributed by atoms with E-state index in [-0.39, 0.29) is 53.2 Å². The van der Waals surface area contributed by atoms with E-state index in [0.717, 1.165) is 51.1 Å². The molecule has 1 saturated heterocycles. The molecule has 46 heavy (non-hydrogen) atoms. The number of anilines is 1. The van der Waals surface area contributed by atoms with Gasteiger partial charge in [0.25, 0.3) is 0 Å². The topological polar surface area (TPSA) is 132 Å². The Morgan fingerprint density at radius 1 is 1.22 bits per heavy atom. The summed E-state index contributed by atoms with van der Waals surface area (Å²) in [6, 6.07) is 0. The molecule has 1 aliphatic heterocycles. The fourth-order valence-corrected chi connectivity index (χ4v) is 10.6. The Morgan fingerprint density at radius 2 is 1.93 bits per heavy atom. The molecular weight excluding hydrogens is 625 g/mol. The molecule has 0 spiro atoms. The SMILES string of the molecule is C=C[C@]1(C)C[C@@H](OC(=O)CSCc2csc(NC(=O)CN3CCN(CCO)CC3)n2)[C@]2(C)[C@H](C)CC[C@]3(CCC(=O)[C@H]32)[C@@H](C)[C@@H]1O. The zero-order valence-corrected chi connectivity index (χ0v) is 29.5. The average molecular weight is 677 g/mol. The highest BCUT2D eigenvalue weighted by Crippen LogP contribution is 2.68. The molecule has 0 unspecified atom stereocenters. The minimum absolute atomic E-state index is 0.0631. The van der Waals surface area contributed by atoms with E-state index >= 15 is 0 Å². The second-order valence-electron chi connectivity index (χ2n) is 14.6. The largest absolute Gasteiger partial charge is 0.461 e. The van der Waals surface area contributed by atoms with Crippen LogP contribution in [0.3, 0.4) is 0 Å². The van der Waals surface area contributed by atoms with Crippen molar-refractivity contribution in [1.29, 1.82) is 0 Å². The molecule has 3 saturated carbocycles. The van der Waals surface area contributed by atoms with E-state index in [1.54, 1.807) is 0 Å². The van der Waals surface area contributed by atoms with Crippen molar-refractivity contribution in [3.8, 4) is 0 Å². The molecule has 5 rings (SSSR count). The molecule has 8 atom stereocenters. The summed E-state index contributed by atoms with van der Waals surface area (Å²) < 4.78 is 6.34. The highest BCUT2D eigenvalue weighted by Gasteiger charge is 2.68. The summed E-state index contributed by atoms with van der Waals surface area (Å²) in [7, 11) is 0. The number of aliphatic hydroxyl groups is 2. The van der Waals surface area contributed by atoms with Crippen LogP contribution in [0, 0.1) is 34.0 Å². The lowest BCUT2D eigenvalue weighted by Crippen LogP contribution is -2.63. The van der Waals surface area contributed by atoms with Crippen LogP contribution in [0.2, 0.25) is 0 Å². The van der Waals surface area contributed by atoms with Crippen molar-refractivity contribution in [1.82, 2.24) is 14.8 Å². The number of ketones is 1. The molecule has 1 aromatic rings. The number of Topliss-reactive ketones (excluding diaryl/α,β-unsaturated/α-hetero) is 1. The van der Waals surface area contributed by atoms with Crippen molar-refractivity contribution in [3.05, 3.63) is 23.7 Å². The fourth-order valence-electron chi connectivity index (χ4n) is 9.04. The van der Waals surface area contributed by atoms with Gasteiger partial charge < -0.3 is 20.3 Å². The fraction of sp³-hybridized carbons (Fsp3) is 0.765. The zero-order valence-electron chi connectivity index (χ0n) is 27.8. The molecule has 2 bridgehead atoms. The van der Waals surface area contributed by atoms with Crippen molar-refractivity contribution < 1.29 is 29.3 Å². The lowest BCUT2D eigenvalue weighted by molar-refractivity contribution is -0.205. The number of amides is 1. The summed E-state index contributed by atoms with van der Waals surface area (Å²) in [5.41, 5.74) is -0.698. The Bertz CT molecular complexity index is 1290. The summed E-state index contributed by atoms with van der Waals surface area (Å²) in [6.45, 7) is 16.9. The van der Waals surface area contributed by atoms with Crippen molar-refractivity contribution in [3.63, 3.8) is 0 Å². The van der Waals surface area contributed by atoms with E-state index in [1.807, 2.05) is 18.4 Å². The number of ether oxygens (including phenoxy) is 1. The van der Waals surface area contributed by atoms with Crippen molar-refractivity contribution >= 4 is 45.9 Å². The van der Waals surface area contributed by atoms with Crippen LogP contribution >= 0.6 is 23.1 Å². The molecule has 1 amide bonds. The quantitative estimate of drug-likeness (QED) is 0.235. The molecule has 3 N–H and O–H groups in total. The Morgan fingerprint density at radius 3 is 2.63 bits per heavy atom. The third-order valence-corrected chi connectivity index (χ3v) is 13.8. The van der Waals surface area contributed by atoms with Crippen molar-refractivity contribution in [2.75, 3.05) is 56.9 Å². The number of hydrogen-bond acceptors (Lipinski definition) is 11. The van der Waals surface area contributed by atoms with Gasteiger partial charge in [-0.25, -0.2) is 4.98 Å². The number of β-amino-alcohol motifs (C(OH)–C–C–N with tert-alkyl or cyclic N) is 1. The van der Waals surface area contributed by atoms with Crippen LogP contribution in [0.25, 0.3) is 0 Å². The monoisotopic (exact) mass is 676 g/mol. The number of hydrogen-bond donors (Lipinski definition) is 3. The Kier molecular flexibility index (Phi) is 11.1. The second kappa shape index (κ2) is 14.3. The number of thioether (sulfide) groups is 1. The molecule has 4 fully saturated rings. The molecule has 10 nitrogen and oxygen atoms in total. The smallest absolute Gasteiger partial charge is 0.316 e. The molecule has 12 heteroatoms. The van der Waals surface area contributed by atoms with Gasteiger partial charge in [-0.3, -0.25) is 24.2 Å². The number of nitrogens with zero attached hydrogens (tertiary/aromatic N) is 3. The summed E-state index contributed by atoms with van der Waals surface area (Å²) in [5.74, 6) is 0.329. The standard InChI is InChI=1S/C34H52N4O6S2/c1-6-32(4)17-26(33(5)22(2)7-9-34(23(3)30(32)43)10-8-25(40)29(33)34)44-28(42)21-45-19-24-20-46-31(35-24)36-27(41)18-38-13-11-37(12-14-38)15-16-39/h6,20,22-23,26,29-30,39,43H,1,7-19,21H2,2-5H3,(H,35,36,41)/t22-,23+,26-,29+,30+,32-,33+,34+/m1/s1. The molecule has 256 valence electrons. The summed E-state index contributed by atoms with van der Waals surface area (Å²) in [5, 5.41) is 26.1. The number of piperazine rings is 1. The Hall–Kier alpha value is -1.83. The molecule has 2 heterocycles. The highest BCUT2D eigenvalue weighted by atomic mass is 32.2. The van der Waals surface area contributed by atoms with E-state index in [9.17, 15) is 19.5 Å². The van der Waals surface area contributed by atoms with Crippen LogP contribution in [-0.2, 0) is 24.9 Å². The predicted molar refractivity (Wildman–Crippen MR) is 182 cm³/mol. The number of aliphatic hydroxyl groups excluding tert-OH is 2. The number of thiazole rings is 1. The van der Waals surface area contributed by atoms with E-state index < -0.39 is 23.0 Å². The Labute approximate surface area is 281 Å². The maximum absolute atomic E-state index is 13.6. The van der Waals surface area contributed by atoms with Gasteiger partial charge in [-0.2, -0.15) is 0 Å². The first-order valence-electron chi connectivity index (χ1n) is 16.8. The Balaban J connectivity index is 1.18. The molecule has 1 aromatic heterocycles. The first kappa shape index (κ1) is 35.5. The van der Waals surface area contributed by atoms with E-state index in [4.69, 9.17) is 9.84 Å². The van der Waals surface area contributed by atoms with Crippen LogP contribution < -0.4 is 5.32 Å². The lowest BCUT2D eigenvalue weighted by Gasteiger charge is -2.61. The number of nitrogens with one attached hydrogen (secondary N) is 1. The lowest BCUT2D eigenvalue weighted by atomic mass is 9.44. The number of esters is 1. The highest BCUT2D eigenvalue weighted by molar-refractivity contribution is 7.99. The molecular formula is C34H52N4O6S2. The number of carbonyl (C=O) groups excluding carboxylic acids is 3. The minimum atomic E-state index is -0.687.